The van der Waals surface area contributed by atoms with Crippen molar-refractivity contribution in [2.45, 2.75) is 12.8 Å². The molecule has 1 nitrogen and oxygen atoms in total. The molecule has 3 aromatic rings. The van der Waals surface area contributed by atoms with Crippen molar-refractivity contribution >= 4 is 17.3 Å². The highest BCUT2D eigenvalue weighted by atomic mass is 15.1. The second-order valence-corrected chi connectivity index (χ2v) is 6.86. The lowest BCUT2D eigenvalue weighted by Crippen LogP contribution is -2.08. The monoisotopic (exact) mass is 325 g/mol. The maximum atomic E-state index is 2.34. The smallest absolute Gasteiger partial charge is 0.0367 e. The van der Waals surface area contributed by atoms with Crippen molar-refractivity contribution in [2.24, 2.45) is 0 Å². The molecule has 1 aliphatic carbocycles. The zero-order valence-electron chi connectivity index (χ0n) is 14.9. The molecule has 3 aromatic carbocycles. The molecule has 0 unspecified atom stereocenters. The molecule has 0 bridgehead atoms. The van der Waals surface area contributed by atoms with E-state index in [1.807, 2.05) is 0 Å². The van der Waals surface area contributed by atoms with Crippen LogP contribution in [0.15, 0.2) is 72.8 Å². The SMILES string of the molecule is CN(C)c1cccc(C=C2c3ccccc3CCc3ccccc32)c1. The molecule has 0 N–H and O–H groups in total. The first kappa shape index (κ1) is 15.7. The first-order chi connectivity index (χ1) is 12.2. The predicted octanol–water partition coefficient (Wildman–Crippen LogP) is 5.44. The van der Waals surface area contributed by atoms with Gasteiger partial charge in [-0.15, -0.1) is 0 Å². The van der Waals surface area contributed by atoms with E-state index in [4.69, 9.17) is 0 Å². The van der Waals surface area contributed by atoms with Gasteiger partial charge in [-0.3, -0.25) is 0 Å². The Balaban J connectivity index is 1.92. The Bertz CT molecular complexity index is 885. The molecule has 0 radical (unpaired) electrons. The van der Waals surface area contributed by atoms with Crippen LogP contribution >= 0.6 is 0 Å². The van der Waals surface area contributed by atoms with Gasteiger partial charge >= 0.3 is 0 Å². The highest BCUT2D eigenvalue weighted by molar-refractivity contribution is 5.94. The lowest BCUT2D eigenvalue weighted by molar-refractivity contribution is 0.965. The zero-order chi connectivity index (χ0) is 17.2. The summed E-state index contributed by atoms with van der Waals surface area (Å²) in [5.74, 6) is 0. The van der Waals surface area contributed by atoms with Gasteiger partial charge in [-0.2, -0.15) is 0 Å². The minimum Gasteiger partial charge on any atom is -0.378 e. The van der Waals surface area contributed by atoms with Gasteiger partial charge in [0.15, 0.2) is 0 Å². The summed E-state index contributed by atoms with van der Waals surface area (Å²) in [6, 6.07) is 26.4. The topological polar surface area (TPSA) is 3.24 Å². The van der Waals surface area contributed by atoms with E-state index in [0.717, 1.165) is 12.8 Å². The number of hydrogen-bond donors (Lipinski definition) is 0. The van der Waals surface area contributed by atoms with E-state index in [2.05, 4.69) is 97.9 Å². The molecule has 0 aliphatic heterocycles. The van der Waals surface area contributed by atoms with E-state index in [0.29, 0.717) is 0 Å². The number of anilines is 1. The van der Waals surface area contributed by atoms with Crippen LogP contribution in [0, 0.1) is 0 Å². The Hall–Kier alpha value is -2.80. The molecule has 124 valence electrons. The molecular weight excluding hydrogens is 302 g/mol. The summed E-state index contributed by atoms with van der Waals surface area (Å²) in [6.07, 6.45) is 4.54. The summed E-state index contributed by atoms with van der Waals surface area (Å²) in [7, 11) is 4.17. The van der Waals surface area contributed by atoms with Crippen molar-refractivity contribution in [1.82, 2.24) is 0 Å². The molecule has 0 fully saturated rings. The van der Waals surface area contributed by atoms with Crippen LogP contribution < -0.4 is 4.90 Å². The highest BCUT2D eigenvalue weighted by Crippen LogP contribution is 2.35. The summed E-state index contributed by atoms with van der Waals surface area (Å²) in [4.78, 5) is 2.15. The Morgan fingerprint density at radius 1 is 0.720 bits per heavy atom. The van der Waals surface area contributed by atoms with Gasteiger partial charge < -0.3 is 4.90 Å². The average molecular weight is 325 g/mol. The van der Waals surface area contributed by atoms with Gasteiger partial charge in [-0.25, -0.2) is 0 Å². The molecule has 0 saturated heterocycles. The van der Waals surface area contributed by atoms with Gasteiger partial charge in [-0.1, -0.05) is 60.7 Å². The summed E-state index contributed by atoms with van der Waals surface area (Å²) >= 11 is 0. The van der Waals surface area contributed by atoms with Gasteiger partial charge in [-0.05, 0) is 64.4 Å². The average Bonchev–Trinajstić information content (AvgIpc) is 2.80. The second kappa shape index (κ2) is 6.60. The molecule has 0 aromatic heterocycles. The quantitative estimate of drug-likeness (QED) is 0.606. The van der Waals surface area contributed by atoms with Crippen molar-refractivity contribution in [3.8, 4) is 0 Å². The third kappa shape index (κ3) is 3.10. The molecule has 1 aliphatic rings. The van der Waals surface area contributed by atoms with Crippen LogP contribution in [-0.2, 0) is 12.8 Å². The first-order valence-electron chi connectivity index (χ1n) is 8.88. The van der Waals surface area contributed by atoms with Gasteiger partial charge in [0, 0.05) is 19.8 Å². The Kier molecular flexibility index (Phi) is 4.15. The van der Waals surface area contributed by atoms with Crippen LogP contribution in [0.25, 0.3) is 11.6 Å². The molecular formula is C24H23N. The van der Waals surface area contributed by atoms with Crippen molar-refractivity contribution in [1.29, 1.82) is 0 Å². The second-order valence-electron chi connectivity index (χ2n) is 6.86. The van der Waals surface area contributed by atoms with E-state index >= 15 is 0 Å². The first-order valence-corrected chi connectivity index (χ1v) is 8.88. The molecule has 0 atom stereocenters. The third-order valence-electron chi connectivity index (χ3n) is 4.98. The molecule has 0 spiro atoms. The highest BCUT2D eigenvalue weighted by Gasteiger charge is 2.17. The molecule has 0 heterocycles. The van der Waals surface area contributed by atoms with Crippen LogP contribution in [0.4, 0.5) is 5.69 Å². The van der Waals surface area contributed by atoms with E-state index < -0.39 is 0 Å². The van der Waals surface area contributed by atoms with E-state index in [1.54, 1.807) is 0 Å². The van der Waals surface area contributed by atoms with Gasteiger partial charge in [0.1, 0.15) is 0 Å². The molecule has 0 amide bonds. The largest absolute Gasteiger partial charge is 0.378 e. The number of benzene rings is 3. The zero-order valence-corrected chi connectivity index (χ0v) is 14.9. The lowest BCUT2D eigenvalue weighted by Gasteiger charge is -2.15. The Morgan fingerprint density at radius 3 is 1.92 bits per heavy atom. The summed E-state index contributed by atoms with van der Waals surface area (Å²) in [6.45, 7) is 0. The maximum Gasteiger partial charge on any atom is 0.0367 e. The third-order valence-corrected chi connectivity index (χ3v) is 4.98. The standard InChI is InChI=1S/C24H23N/c1-25(2)21-11-7-8-18(16-21)17-24-22-12-5-3-9-19(22)14-15-20-10-4-6-13-23(20)24/h3-13,16-17H,14-15H2,1-2H3. The van der Waals surface area contributed by atoms with Gasteiger partial charge in [0.05, 0.1) is 0 Å². The minimum absolute atomic E-state index is 1.10. The number of fused-ring (bicyclic) bond motifs is 2. The van der Waals surface area contributed by atoms with Crippen LogP contribution in [0.2, 0.25) is 0 Å². The predicted molar refractivity (Wildman–Crippen MR) is 108 cm³/mol. The fourth-order valence-corrected chi connectivity index (χ4v) is 3.63. The number of hydrogen-bond acceptors (Lipinski definition) is 1. The van der Waals surface area contributed by atoms with E-state index in [-0.39, 0.29) is 0 Å². The summed E-state index contributed by atoms with van der Waals surface area (Å²) < 4.78 is 0. The van der Waals surface area contributed by atoms with Gasteiger partial charge in [0.2, 0.25) is 0 Å². The number of nitrogens with zero attached hydrogens (tertiary/aromatic N) is 1. The molecule has 0 saturated carbocycles. The van der Waals surface area contributed by atoms with Crippen molar-refractivity contribution < 1.29 is 0 Å². The van der Waals surface area contributed by atoms with Crippen LogP contribution in [0.1, 0.15) is 27.8 Å². The summed E-state index contributed by atoms with van der Waals surface area (Å²) in [5, 5.41) is 0. The van der Waals surface area contributed by atoms with Crippen molar-refractivity contribution in [3.63, 3.8) is 0 Å². The Morgan fingerprint density at radius 2 is 1.32 bits per heavy atom. The molecule has 4 rings (SSSR count). The maximum absolute atomic E-state index is 2.34. The molecule has 1 heteroatoms. The van der Waals surface area contributed by atoms with Crippen LogP contribution in [-0.4, -0.2) is 14.1 Å². The Labute approximate surface area is 150 Å². The minimum atomic E-state index is 1.10. The normalized spacial score (nSPS) is 12.8. The van der Waals surface area contributed by atoms with Crippen LogP contribution in [0.3, 0.4) is 0 Å². The number of rotatable bonds is 2. The van der Waals surface area contributed by atoms with E-state index in [9.17, 15) is 0 Å². The van der Waals surface area contributed by atoms with Gasteiger partial charge in [0.25, 0.3) is 0 Å². The lowest BCUT2D eigenvalue weighted by atomic mass is 9.92. The van der Waals surface area contributed by atoms with Crippen molar-refractivity contribution in [2.75, 3.05) is 19.0 Å². The van der Waals surface area contributed by atoms with Crippen molar-refractivity contribution in [3.05, 3.63) is 101 Å². The summed E-state index contributed by atoms with van der Waals surface area (Å²) in [5.41, 5.74) is 9.41. The fraction of sp³-hybridized carbons (Fsp3) is 0.167. The van der Waals surface area contributed by atoms with E-state index in [1.165, 1.54) is 39.1 Å². The fourth-order valence-electron chi connectivity index (χ4n) is 3.63. The molecule has 25 heavy (non-hydrogen) atoms. The van der Waals surface area contributed by atoms with Crippen LogP contribution in [0.5, 0.6) is 0 Å². The number of aryl methyl sites for hydroxylation is 2.